The average molecular weight is 420 g/mol. The molecule has 1 amide bonds. The minimum absolute atomic E-state index is 0.260. The number of unbranched alkanes of at least 4 members (excludes halogenated alkanes) is 2. The van der Waals surface area contributed by atoms with E-state index in [0.717, 1.165) is 47.9 Å². The van der Waals surface area contributed by atoms with Crippen molar-refractivity contribution in [2.75, 3.05) is 12.3 Å². The van der Waals surface area contributed by atoms with Crippen LogP contribution in [0.5, 0.6) is 0 Å². The summed E-state index contributed by atoms with van der Waals surface area (Å²) in [4.78, 5) is 11.6. The Labute approximate surface area is 174 Å². The van der Waals surface area contributed by atoms with Gasteiger partial charge in [-0.2, -0.15) is 9.78 Å². The molecular formula is C20H26FN5O2S. The topological polar surface area (TPSA) is 81.4 Å². The smallest absolute Gasteiger partial charge is 0.407 e. The van der Waals surface area contributed by atoms with E-state index in [1.54, 1.807) is 28.6 Å². The number of hydrogen-bond acceptors (Lipinski definition) is 6. The molecule has 0 fully saturated rings. The van der Waals surface area contributed by atoms with Crippen molar-refractivity contribution in [1.29, 1.82) is 0 Å². The third-order valence-electron chi connectivity index (χ3n) is 4.16. The van der Waals surface area contributed by atoms with E-state index in [1.807, 2.05) is 20.8 Å². The normalized spacial score (nSPS) is 13.6. The predicted octanol–water partition coefficient (Wildman–Crippen LogP) is 4.01. The molecule has 1 aliphatic rings. The van der Waals surface area contributed by atoms with Crippen molar-refractivity contribution in [2.45, 2.75) is 57.2 Å². The van der Waals surface area contributed by atoms with Gasteiger partial charge in [0, 0.05) is 18.7 Å². The number of thioether (sulfide) groups is 1. The van der Waals surface area contributed by atoms with E-state index in [1.165, 1.54) is 12.1 Å². The van der Waals surface area contributed by atoms with E-state index < -0.39 is 5.60 Å². The van der Waals surface area contributed by atoms with Crippen molar-refractivity contribution in [3.05, 3.63) is 41.5 Å². The Morgan fingerprint density at radius 1 is 1.21 bits per heavy atom. The maximum Gasteiger partial charge on any atom is 0.407 e. The van der Waals surface area contributed by atoms with Crippen LogP contribution in [0.4, 0.5) is 9.18 Å². The van der Waals surface area contributed by atoms with E-state index in [4.69, 9.17) is 4.74 Å². The lowest BCUT2D eigenvalue weighted by molar-refractivity contribution is 0.0527. The van der Waals surface area contributed by atoms with E-state index >= 15 is 0 Å². The molecule has 0 saturated heterocycles. The highest BCUT2D eigenvalue weighted by molar-refractivity contribution is 7.99. The third kappa shape index (κ3) is 6.28. The highest BCUT2D eigenvalue weighted by Crippen LogP contribution is 2.24. The number of hydrogen-bond donors (Lipinski definition) is 1. The number of alkyl carbamates (subject to hydrolysis) is 1. The Balaban J connectivity index is 1.47. The van der Waals surface area contributed by atoms with Gasteiger partial charge in [-0.1, -0.05) is 30.3 Å². The number of amides is 1. The number of fused-ring (bicyclic) bond motifs is 1. The summed E-state index contributed by atoms with van der Waals surface area (Å²) in [7, 11) is 0. The summed E-state index contributed by atoms with van der Waals surface area (Å²) >= 11 is 1.58. The zero-order chi connectivity index (χ0) is 20.9. The molecular weight excluding hydrogens is 393 g/mol. The molecule has 0 bridgehead atoms. The first-order chi connectivity index (χ1) is 13.8. The zero-order valence-corrected chi connectivity index (χ0v) is 17.8. The zero-order valence-electron chi connectivity index (χ0n) is 16.9. The van der Waals surface area contributed by atoms with Gasteiger partial charge in [-0.25, -0.2) is 9.18 Å². The summed E-state index contributed by atoms with van der Waals surface area (Å²) in [5, 5.41) is 16.7. The van der Waals surface area contributed by atoms with Gasteiger partial charge in [0.15, 0.2) is 5.82 Å². The van der Waals surface area contributed by atoms with Crippen molar-refractivity contribution in [3.8, 4) is 0 Å². The SMILES string of the molecule is CC(C)(C)OC(=O)NCCCCCc1nnc2n1N=C(c1ccc(F)cc1)CS2. The van der Waals surface area contributed by atoms with Crippen LogP contribution in [0.2, 0.25) is 0 Å². The number of rotatable bonds is 7. The molecule has 1 aromatic carbocycles. The molecule has 3 rings (SSSR count). The van der Waals surface area contributed by atoms with Crippen LogP contribution >= 0.6 is 11.8 Å². The van der Waals surface area contributed by atoms with Crippen molar-refractivity contribution >= 4 is 23.6 Å². The van der Waals surface area contributed by atoms with E-state index in [-0.39, 0.29) is 11.9 Å². The minimum Gasteiger partial charge on any atom is -0.444 e. The number of nitrogens with one attached hydrogen (secondary N) is 1. The molecule has 1 aromatic heterocycles. The van der Waals surface area contributed by atoms with Crippen LogP contribution in [-0.2, 0) is 11.2 Å². The van der Waals surface area contributed by atoms with Crippen molar-refractivity contribution in [2.24, 2.45) is 5.10 Å². The molecule has 156 valence electrons. The van der Waals surface area contributed by atoms with Gasteiger partial charge < -0.3 is 10.1 Å². The van der Waals surface area contributed by atoms with Crippen LogP contribution in [0.1, 0.15) is 51.4 Å². The largest absolute Gasteiger partial charge is 0.444 e. The summed E-state index contributed by atoms with van der Waals surface area (Å²) < 4.78 is 20.1. The highest BCUT2D eigenvalue weighted by atomic mass is 32.2. The first-order valence-electron chi connectivity index (χ1n) is 9.69. The van der Waals surface area contributed by atoms with Gasteiger partial charge in [0.05, 0.1) is 5.71 Å². The van der Waals surface area contributed by atoms with Gasteiger partial charge in [-0.15, -0.1) is 10.2 Å². The van der Waals surface area contributed by atoms with E-state index in [2.05, 4.69) is 20.6 Å². The molecule has 1 N–H and O–H groups in total. The molecule has 1 aliphatic heterocycles. The molecule has 9 heteroatoms. The molecule has 0 spiro atoms. The van der Waals surface area contributed by atoms with Gasteiger partial charge in [0.25, 0.3) is 0 Å². The Bertz CT molecular complexity index is 874. The minimum atomic E-state index is -0.484. The lowest BCUT2D eigenvalue weighted by atomic mass is 10.1. The Morgan fingerprint density at radius 2 is 1.97 bits per heavy atom. The quantitative estimate of drug-likeness (QED) is 0.686. The van der Waals surface area contributed by atoms with Gasteiger partial charge >= 0.3 is 6.09 Å². The predicted molar refractivity (Wildman–Crippen MR) is 111 cm³/mol. The second kappa shape index (κ2) is 9.39. The summed E-state index contributed by atoms with van der Waals surface area (Å²) in [6, 6.07) is 6.36. The Kier molecular flexibility index (Phi) is 6.89. The van der Waals surface area contributed by atoms with Crippen molar-refractivity contribution < 1.29 is 13.9 Å². The summed E-state index contributed by atoms with van der Waals surface area (Å²) in [5.41, 5.74) is 1.30. The number of aromatic nitrogens is 3. The molecule has 2 heterocycles. The van der Waals surface area contributed by atoms with E-state index in [0.29, 0.717) is 12.3 Å². The summed E-state index contributed by atoms with van der Waals surface area (Å²) in [6.07, 6.45) is 3.09. The molecule has 0 unspecified atom stereocenters. The van der Waals surface area contributed by atoms with Crippen LogP contribution in [0.15, 0.2) is 34.5 Å². The average Bonchev–Trinajstić information content (AvgIpc) is 3.06. The first-order valence-corrected chi connectivity index (χ1v) is 10.7. The second-order valence-electron chi connectivity index (χ2n) is 7.79. The van der Waals surface area contributed by atoms with Gasteiger partial charge in [0.2, 0.25) is 5.16 Å². The number of halogens is 1. The molecule has 0 aliphatic carbocycles. The fourth-order valence-corrected chi connectivity index (χ4v) is 3.65. The number of nitrogens with zero attached hydrogens (tertiary/aromatic N) is 4. The number of ether oxygens (including phenoxy) is 1. The molecule has 7 nitrogen and oxygen atoms in total. The van der Waals surface area contributed by atoms with E-state index in [9.17, 15) is 9.18 Å². The lowest BCUT2D eigenvalue weighted by Crippen LogP contribution is -2.32. The maximum atomic E-state index is 13.2. The van der Waals surface area contributed by atoms with Crippen LogP contribution < -0.4 is 5.32 Å². The summed E-state index contributed by atoms with van der Waals surface area (Å²) in [5.74, 6) is 1.23. The Hall–Kier alpha value is -2.42. The van der Waals surface area contributed by atoms with Gasteiger partial charge in [0.1, 0.15) is 11.4 Å². The standard InChI is InChI=1S/C20H26FN5O2S/c1-20(2,3)28-19(27)22-12-6-4-5-7-17-23-24-18-26(17)25-16(13-29-18)14-8-10-15(21)11-9-14/h8-11H,4-7,12-13H2,1-3H3,(H,22,27). The van der Waals surface area contributed by atoms with Gasteiger partial charge in [-0.05, 0) is 51.3 Å². The molecule has 0 atom stereocenters. The number of aryl methyl sites for hydroxylation is 1. The molecule has 0 radical (unpaired) electrons. The molecule has 2 aromatic rings. The van der Waals surface area contributed by atoms with Crippen molar-refractivity contribution in [1.82, 2.24) is 20.2 Å². The van der Waals surface area contributed by atoms with Crippen LogP contribution in [0.25, 0.3) is 0 Å². The first kappa shape index (κ1) is 21.3. The number of carbonyl (C=O) groups is 1. The number of benzene rings is 1. The Morgan fingerprint density at radius 3 is 2.69 bits per heavy atom. The van der Waals surface area contributed by atoms with Gasteiger partial charge in [-0.3, -0.25) is 0 Å². The summed E-state index contributed by atoms with van der Waals surface area (Å²) in [6.45, 7) is 6.10. The van der Waals surface area contributed by atoms with Crippen LogP contribution in [0.3, 0.4) is 0 Å². The van der Waals surface area contributed by atoms with Crippen molar-refractivity contribution in [3.63, 3.8) is 0 Å². The highest BCUT2D eigenvalue weighted by Gasteiger charge is 2.19. The monoisotopic (exact) mass is 419 g/mol. The fourth-order valence-electron chi connectivity index (χ4n) is 2.80. The van der Waals surface area contributed by atoms with Crippen LogP contribution in [0, 0.1) is 5.82 Å². The second-order valence-corrected chi connectivity index (χ2v) is 8.73. The fraction of sp³-hybridized carbons (Fsp3) is 0.500. The number of carbonyl (C=O) groups excluding carboxylic acids is 1. The molecule has 29 heavy (non-hydrogen) atoms. The van der Waals surface area contributed by atoms with Crippen LogP contribution in [-0.4, -0.2) is 44.6 Å². The molecule has 0 saturated carbocycles. The maximum absolute atomic E-state index is 13.2. The lowest BCUT2D eigenvalue weighted by Gasteiger charge is -2.19. The third-order valence-corrected chi connectivity index (χ3v) is 5.09.